The highest BCUT2D eigenvalue weighted by Gasteiger charge is 2.34. The minimum atomic E-state index is -4.50. The predicted molar refractivity (Wildman–Crippen MR) is 62.6 cm³/mol. The highest BCUT2D eigenvalue weighted by molar-refractivity contribution is 5.66. The maximum Gasteiger partial charge on any atom is 0.417 e. The van der Waals surface area contributed by atoms with Crippen LogP contribution in [0.15, 0.2) is 23.3 Å². The lowest BCUT2D eigenvalue weighted by molar-refractivity contribution is -0.137. The van der Waals surface area contributed by atoms with Crippen LogP contribution in [0.25, 0.3) is 11.3 Å². The van der Waals surface area contributed by atoms with Gasteiger partial charge < -0.3 is 0 Å². The molecule has 0 spiro atoms. The molecule has 0 aliphatic rings. The summed E-state index contributed by atoms with van der Waals surface area (Å²) in [6.07, 6.45) is -2.34. The number of pyridine rings is 1. The van der Waals surface area contributed by atoms with Crippen molar-refractivity contribution in [1.82, 2.24) is 15.2 Å². The van der Waals surface area contributed by atoms with Crippen LogP contribution in [0.2, 0.25) is 0 Å². The molecule has 0 amide bonds. The SMILES string of the molecule is Cc1c(-c2cnccc2C(F)(F)F)n[nH]c(=O)c1C. The number of halogens is 3. The van der Waals surface area contributed by atoms with Crippen LogP contribution in [0, 0.1) is 13.8 Å². The Balaban J connectivity index is 2.74. The first-order chi connectivity index (χ1) is 8.82. The van der Waals surface area contributed by atoms with Crippen molar-refractivity contribution < 1.29 is 13.2 Å². The molecule has 0 fully saturated rings. The molecule has 0 saturated carbocycles. The van der Waals surface area contributed by atoms with Gasteiger partial charge in [-0.25, -0.2) is 5.10 Å². The molecule has 0 aromatic carbocycles. The first kappa shape index (κ1) is 13.3. The molecule has 0 atom stereocenters. The fourth-order valence-electron chi connectivity index (χ4n) is 1.71. The first-order valence-electron chi connectivity index (χ1n) is 5.40. The number of rotatable bonds is 1. The minimum absolute atomic E-state index is 0.0810. The van der Waals surface area contributed by atoms with E-state index in [0.717, 1.165) is 18.5 Å². The zero-order valence-corrected chi connectivity index (χ0v) is 10.2. The molecule has 0 radical (unpaired) electrons. The number of aromatic amines is 1. The average molecular weight is 269 g/mol. The first-order valence-corrected chi connectivity index (χ1v) is 5.40. The summed E-state index contributed by atoms with van der Waals surface area (Å²) in [5.41, 5.74) is -0.572. The molecule has 4 nitrogen and oxygen atoms in total. The van der Waals surface area contributed by atoms with Gasteiger partial charge in [0.25, 0.3) is 5.56 Å². The molecule has 0 bridgehead atoms. The lowest BCUT2D eigenvalue weighted by atomic mass is 10.0. The van der Waals surface area contributed by atoms with E-state index in [1.165, 1.54) is 6.92 Å². The number of H-pyrrole nitrogens is 1. The molecule has 0 aliphatic carbocycles. The number of nitrogens with one attached hydrogen (secondary N) is 1. The van der Waals surface area contributed by atoms with Crippen LogP contribution in [0.4, 0.5) is 13.2 Å². The molecule has 19 heavy (non-hydrogen) atoms. The van der Waals surface area contributed by atoms with Crippen molar-refractivity contribution in [3.8, 4) is 11.3 Å². The Morgan fingerprint density at radius 3 is 2.53 bits per heavy atom. The van der Waals surface area contributed by atoms with Gasteiger partial charge in [0.1, 0.15) is 0 Å². The summed E-state index contributed by atoms with van der Waals surface area (Å²) < 4.78 is 38.8. The molecule has 2 aromatic heterocycles. The van der Waals surface area contributed by atoms with Gasteiger partial charge in [0.15, 0.2) is 0 Å². The fraction of sp³-hybridized carbons (Fsp3) is 0.250. The van der Waals surface area contributed by atoms with E-state index in [4.69, 9.17) is 0 Å². The van der Waals surface area contributed by atoms with E-state index in [9.17, 15) is 18.0 Å². The molecule has 0 aliphatic heterocycles. The summed E-state index contributed by atoms with van der Waals surface area (Å²) in [4.78, 5) is 15.0. The van der Waals surface area contributed by atoms with Crippen LogP contribution in [-0.4, -0.2) is 15.2 Å². The van der Waals surface area contributed by atoms with Crippen molar-refractivity contribution in [1.29, 1.82) is 0 Å². The molecule has 2 aromatic rings. The van der Waals surface area contributed by atoms with Crippen LogP contribution in [0.5, 0.6) is 0 Å². The van der Waals surface area contributed by atoms with E-state index in [2.05, 4.69) is 15.2 Å². The molecule has 2 rings (SSSR count). The summed E-state index contributed by atoms with van der Waals surface area (Å²) in [5.74, 6) is 0. The largest absolute Gasteiger partial charge is 0.417 e. The van der Waals surface area contributed by atoms with Gasteiger partial charge in [0, 0.05) is 23.5 Å². The second kappa shape index (κ2) is 4.49. The predicted octanol–water partition coefficient (Wildman–Crippen LogP) is 2.47. The lowest BCUT2D eigenvalue weighted by Crippen LogP contribution is -2.16. The molecular weight excluding hydrogens is 259 g/mol. The summed E-state index contributed by atoms with van der Waals surface area (Å²) in [6.45, 7) is 3.09. The van der Waals surface area contributed by atoms with Crippen molar-refractivity contribution in [3.63, 3.8) is 0 Å². The van der Waals surface area contributed by atoms with E-state index in [1.807, 2.05) is 0 Å². The number of alkyl halides is 3. The second-order valence-corrected chi connectivity index (χ2v) is 4.07. The van der Waals surface area contributed by atoms with Gasteiger partial charge in [0.05, 0.1) is 11.3 Å². The van der Waals surface area contributed by atoms with Gasteiger partial charge in [-0.1, -0.05) is 0 Å². The summed E-state index contributed by atoms with van der Waals surface area (Å²) in [6, 6.07) is 0.886. The third-order valence-corrected chi connectivity index (χ3v) is 2.91. The topological polar surface area (TPSA) is 58.6 Å². The monoisotopic (exact) mass is 269 g/mol. The van der Waals surface area contributed by atoms with Gasteiger partial charge >= 0.3 is 6.18 Å². The van der Waals surface area contributed by atoms with E-state index in [1.54, 1.807) is 6.92 Å². The summed E-state index contributed by atoms with van der Waals surface area (Å²) >= 11 is 0. The maximum atomic E-state index is 12.9. The zero-order valence-electron chi connectivity index (χ0n) is 10.2. The average Bonchev–Trinajstić information content (AvgIpc) is 2.35. The molecule has 0 unspecified atom stereocenters. The number of hydrogen-bond acceptors (Lipinski definition) is 3. The van der Waals surface area contributed by atoms with E-state index in [-0.39, 0.29) is 11.3 Å². The van der Waals surface area contributed by atoms with Crippen LogP contribution >= 0.6 is 0 Å². The fourth-order valence-corrected chi connectivity index (χ4v) is 1.71. The Kier molecular flexibility index (Phi) is 3.13. The van der Waals surface area contributed by atoms with Crippen LogP contribution in [-0.2, 0) is 6.18 Å². The Labute approximate surface area is 106 Å². The van der Waals surface area contributed by atoms with E-state index >= 15 is 0 Å². The van der Waals surface area contributed by atoms with Gasteiger partial charge in [0.2, 0.25) is 0 Å². The third-order valence-electron chi connectivity index (χ3n) is 2.91. The van der Waals surface area contributed by atoms with Gasteiger partial charge in [-0.05, 0) is 25.5 Å². The molecule has 7 heteroatoms. The Morgan fingerprint density at radius 2 is 1.89 bits per heavy atom. The van der Waals surface area contributed by atoms with Crippen LogP contribution in [0.1, 0.15) is 16.7 Å². The van der Waals surface area contributed by atoms with Gasteiger partial charge in [-0.15, -0.1) is 0 Å². The number of aromatic nitrogens is 3. The third kappa shape index (κ3) is 2.35. The Hall–Kier alpha value is -2.18. The normalized spacial score (nSPS) is 11.6. The molecule has 2 heterocycles. The van der Waals surface area contributed by atoms with Gasteiger partial charge in [-0.2, -0.15) is 18.3 Å². The van der Waals surface area contributed by atoms with E-state index < -0.39 is 17.3 Å². The highest BCUT2D eigenvalue weighted by atomic mass is 19.4. The van der Waals surface area contributed by atoms with Crippen molar-refractivity contribution in [2.75, 3.05) is 0 Å². The minimum Gasteiger partial charge on any atom is -0.268 e. The van der Waals surface area contributed by atoms with Gasteiger partial charge in [-0.3, -0.25) is 9.78 Å². The number of nitrogens with zero attached hydrogens (tertiary/aromatic N) is 2. The smallest absolute Gasteiger partial charge is 0.268 e. The van der Waals surface area contributed by atoms with Crippen LogP contribution < -0.4 is 5.56 Å². The quantitative estimate of drug-likeness (QED) is 0.865. The summed E-state index contributed by atoms with van der Waals surface area (Å²) in [7, 11) is 0. The Morgan fingerprint density at radius 1 is 1.21 bits per heavy atom. The molecule has 100 valence electrons. The lowest BCUT2D eigenvalue weighted by Gasteiger charge is -2.13. The zero-order chi connectivity index (χ0) is 14.2. The van der Waals surface area contributed by atoms with Crippen molar-refractivity contribution in [2.24, 2.45) is 0 Å². The van der Waals surface area contributed by atoms with Crippen molar-refractivity contribution >= 4 is 0 Å². The standard InChI is InChI=1S/C12H10F3N3O/c1-6-7(2)11(19)18-17-10(6)8-5-16-4-3-9(8)12(13,14)15/h3-5H,1-2H3,(H,18,19). The second-order valence-electron chi connectivity index (χ2n) is 4.07. The number of hydrogen-bond donors (Lipinski definition) is 1. The molecular formula is C12H10F3N3O. The van der Waals surface area contributed by atoms with Crippen LogP contribution in [0.3, 0.4) is 0 Å². The maximum absolute atomic E-state index is 12.9. The Bertz CT molecular complexity index is 677. The highest BCUT2D eigenvalue weighted by Crippen LogP contribution is 2.36. The molecule has 0 saturated heterocycles. The van der Waals surface area contributed by atoms with E-state index in [0.29, 0.717) is 11.1 Å². The molecule has 1 N–H and O–H groups in total. The summed E-state index contributed by atoms with van der Waals surface area (Å²) in [5, 5.41) is 5.89. The van der Waals surface area contributed by atoms with Crippen molar-refractivity contribution in [3.05, 3.63) is 45.5 Å². The van der Waals surface area contributed by atoms with Crippen molar-refractivity contribution in [2.45, 2.75) is 20.0 Å².